The second-order valence-electron chi connectivity index (χ2n) is 9.88. The first-order valence-electron chi connectivity index (χ1n) is 12.0. The molecule has 33 heavy (non-hydrogen) atoms. The SMILES string of the molecule is CC(C)=CCc1cccc(O)c1C(=O)O[C@@H](C/C=C/I)CCO[Si](C(C)C)(C(C)C)C(C)C. The number of esters is 1. The predicted molar refractivity (Wildman–Crippen MR) is 150 cm³/mol. The van der Waals surface area contributed by atoms with Crippen LogP contribution in [0, 0.1) is 0 Å². The van der Waals surface area contributed by atoms with Gasteiger partial charge in [0.2, 0.25) is 0 Å². The fraction of sp³-hybridized carbons (Fsp3) is 0.593. The van der Waals surface area contributed by atoms with Crippen LogP contribution >= 0.6 is 22.6 Å². The highest BCUT2D eigenvalue weighted by Gasteiger charge is 2.45. The van der Waals surface area contributed by atoms with E-state index in [1.807, 2.05) is 36.1 Å². The van der Waals surface area contributed by atoms with Crippen molar-refractivity contribution in [2.75, 3.05) is 6.61 Å². The van der Waals surface area contributed by atoms with Gasteiger partial charge in [-0.25, -0.2) is 4.79 Å². The molecule has 186 valence electrons. The minimum atomic E-state index is -1.98. The van der Waals surface area contributed by atoms with Crippen molar-refractivity contribution in [3.8, 4) is 5.75 Å². The summed E-state index contributed by atoms with van der Waals surface area (Å²) in [5, 5.41) is 10.4. The van der Waals surface area contributed by atoms with Gasteiger partial charge in [-0.15, -0.1) is 0 Å². The Hall–Kier alpha value is -1.12. The molecule has 1 rings (SSSR count). The van der Waals surface area contributed by atoms with Gasteiger partial charge in [0.25, 0.3) is 0 Å². The molecule has 0 aliphatic heterocycles. The van der Waals surface area contributed by atoms with Crippen LogP contribution in [0.2, 0.25) is 16.6 Å². The lowest BCUT2D eigenvalue weighted by Gasteiger charge is -2.42. The monoisotopic (exact) mass is 586 g/mol. The molecule has 0 saturated carbocycles. The Bertz CT molecular complexity index is 789. The smallest absolute Gasteiger partial charge is 0.342 e. The summed E-state index contributed by atoms with van der Waals surface area (Å²) >= 11 is 2.18. The molecule has 0 bridgehead atoms. The molecule has 0 fully saturated rings. The van der Waals surface area contributed by atoms with Gasteiger partial charge in [0.05, 0.1) is 0 Å². The van der Waals surface area contributed by atoms with E-state index in [2.05, 4.69) is 64.1 Å². The zero-order valence-electron chi connectivity index (χ0n) is 21.7. The number of halogens is 1. The molecule has 1 aromatic carbocycles. The van der Waals surface area contributed by atoms with E-state index in [9.17, 15) is 9.90 Å². The highest BCUT2D eigenvalue weighted by molar-refractivity contribution is 14.1. The molecule has 1 N–H and O–H groups in total. The molecule has 0 amide bonds. The van der Waals surface area contributed by atoms with Crippen LogP contribution in [-0.2, 0) is 15.6 Å². The lowest BCUT2D eigenvalue weighted by Crippen LogP contribution is -2.48. The zero-order chi connectivity index (χ0) is 25.2. The van der Waals surface area contributed by atoms with Gasteiger partial charge in [0.1, 0.15) is 17.4 Å². The van der Waals surface area contributed by atoms with Crippen LogP contribution in [0.4, 0.5) is 0 Å². The summed E-state index contributed by atoms with van der Waals surface area (Å²) in [5.74, 6) is -0.512. The summed E-state index contributed by atoms with van der Waals surface area (Å²) in [5.41, 5.74) is 3.71. The maximum atomic E-state index is 13.1. The molecule has 4 nitrogen and oxygen atoms in total. The standard InChI is InChI=1S/C27H43IO4Si/c1-19(2)14-15-23-11-9-13-25(29)26(23)27(30)32-24(12-10-17-28)16-18-31-33(20(3)4,21(5)6)22(7)8/h9-11,13-14,17,20-22,24,29H,12,15-16,18H2,1-8H3/b17-10+/t24-/m0/s1. The molecule has 0 saturated heterocycles. The highest BCUT2D eigenvalue weighted by atomic mass is 127. The third kappa shape index (κ3) is 8.55. The van der Waals surface area contributed by atoms with Gasteiger partial charge in [-0.3, -0.25) is 0 Å². The van der Waals surface area contributed by atoms with E-state index < -0.39 is 14.3 Å². The molecule has 6 heteroatoms. The van der Waals surface area contributed by atoms with Gasteiger partial charge in [-0.05, 0) is 52.6 Å². The Morgan fingerprint density at radius 2 is 1.70 bits per heavy atom. The highest BCUT2D eigenvalue weighted by Crippen LogP contribution is 2.42. The normalized spacial score (nSPS) is 13.2. The second kappa shape index (κ2) is 14.3. The van der Waals surface area contributed by atoms with Crippen LogP contribution in [0.1, 0.15) is 84.2 Å². The maximum Gasteiger partial charge on any atom is 0.342 e. The van der Waals surface area contributed by atoms with Gasteiger partial charge in [0, 0.05) is 19.4 Å². The van der Waals surface area contributed by atoms with Crippen LogP contribution in [0.3, 0.4) is 0 Å². The summed E-state index contributed by atoms with van der Waals surface area (Å²) in [7, 11) is -1.98. The van der Waals surface area contributed by atoms with Crippen LogP contribution in [0.25, 0.3) is 0 Å². The molecular weight excluding hydrogens is 543 g/mol. The predicted octanol–water partition coefficient (Wildman–Crippen LogP) is 8.35. The van der Waals surface area contributed by atoms with Crippen LogP contribution in [0.5, 0.6) is 5.75 Å². The Labute approximate surface area is 216 Å². The van der Waals surface area contributed by atoms with E-state index in [-0.39, 0.29) is 17.4 Å². The van der Waals surface area contributed by atoms with Crippen molar-refractivity contribution in [1.82, 2.24) is 0 Å². The molecule has 0 unspecified atom stereocenters. The number of rotatable bonds is 13. The van der Waals surface area contributed by atoms with Crippen LogP contribution in [0.15, 0.2) is 40.0 Å². The number of hydrogen-bond acceptors (Lipinski definition) is 4. The third-order valence-electron chi connectivity index (χ3n) is 6.32. The van der Waals surface area contributed by atoms with E-state index in [1.165, 1.54) is 0 Å². The van der Waals surface area contributed by atoms with Crippen molar-refractivity contribution >= 4 is 36.9 Å². The van der Waals surface area contributed by atoms with Crippen molar-refractivity contribution in [2.24, 2.45) is 0 Å². The summed E-state index contributed by atoms with van der Waals surface area (Å²) in [6.45, 7) is 18.2. The van der Waals surface area contributed by atoms with Gasteiger partial charge < -0.3 is 14.3 Å². The molecule has 0 aliphatic rings. The minimum Gasteiger partial charge on any atom is -0.507 e. The summed E-state index contributed by atoms with van der Waals surface area (Å²) < 4.78 is 14.6. The van der Waals surface area contributed by atoms with Crippen molar-refractivity contribution in [3.63, 3.8) is 0 Å². The molecule has 0 aromatic heterocycles. The van der Waals surface area contributed by atoms with E-state index in [4.69, 9.17) is 9.16 Å². The molecule has 0 aliphatic carbocycles. The number of carbonyl (C=O) groups is 1. The van der Waals surface area contributed by atoms with Gasteiger partial charge in [-0.2, -0.15) is 0 Å². The van der Waals surface area contributed by atoms with E-state index in [0.717, 1.165) is 11.1 Å². The molecule has 0 heterocycles. The number of ether oxygens (including phenoxy) is 1. The first-order valence-corrected chi connectivity index (χ1v) is 15.4. The largest absolute Gasteiger partial charge is 0.507 e. The second-order valence-corrected chi connectivity index (χ2v) is 16.1. The average Bonchev–Trinajstić information content (AvgIpc) is 2.72. The molecule has 1 atom stereocenters. The Morgan fingerprint density at radius 3 is 2.21 bits per heavy atom. The first-order chi connectivity index (χ1) is 15.5. The van der Waals surface area contributed by atoms with Crippen LogP contribution in [-0.4, -0.2) is 32.1 Å². The molecular formula is C27H43IO4Si. The molecule has 0 spiro atoms. The van der Waals surface area contributed by atoms with E-state index in [1.54, 1.807) is 12.1 Å². The number of hydrogen-bond donors (Lipinski definition) is 1. The fourth-order valence-electron chi connectivity index (χ4n) is 4.81. The zero-order valence-corrected chi connectivity index (χ0v) is 24.8. The Balaban J connectivity index is 3.03. The maximum absolute atomic E-state index is 13.1. The number of carbonyl (C=O) groups excluding carboxylic acids is 1. The topological polar surface area (TPSA) is 55.8 Å². The molecule has 1 aromatic rings. The van der Waals surface area contributed by atoms with E-state index in [0.29, 0.717) is 42.5 Å². The summed E-state index contributed by atoms with van der Waals surface area (Å²) in [6, 6.07) is 5.17. The summed E-state index contributed by atoms with van der Waals surface area (Å²) in [6.07, 6.45) is 5.57. The summed E-state index contributed by atoms with van der Waals surface area (Å²) in [4.78, 5) is 13.1. The number of aromatic hydroxyl groups is 1. The third-order valence-corrected chi connectivity index (χ3v) is 13.0. The van der Waals surface area contributed by atoms with Gasteiger partial charge >= 0.3 is 5.97 Å². The van der Waals surface area contributed by atoms with E-state index >= 15 is 0 Å². The van der Waals surface area contributed by atoms with Crippen molar-refractivity contribution in [2.45, 2.75) is 97.4 Å². The van der Waals surface area contributed by atoms with Crippen LogP contribution < -0.4 is 0 Å². The van der Waals surface area contributed by atoms with Crippen molar-refractivity contribution in [3.05, 3.63) is 51.1 Å². The number of benzene rings is 1. The number of phenols is 1. The number of allylic oxidation sites excluding steroid dienone is 2. The van der Waals surface area contributed by atoms with Gasteiger partial charge in [0.15, 0.2) is 8.32 Å². The van der Waals surface area contributed by atoms with Gasteiger partial charge in [-0.1, -0.05) is 94.0 Å². The van der Waals surface area contributed by atoms with Crippen molar-refractivity contribution < 1.29 is 19.1 Å². The average molecular weight is 587 g/mol. The lowest BCUT2D eigenvalue weighted by molar-refractivity contribution is 0.0249. The Kier molecular flexibility index (Phi) is 13.0. The lowest BCUT2D eigenvalue weighted by atomic mass is 10.0. The molecule has 0 radical (unpaired) electrons. The fourth-order valence-corrected chi connectivity index (χ4v) is 10.6. The Morgan fingerprint density at radius 1 is 1.09 bits per heavy atom. The quantitative estimate of drug-likeness (QED) is 0.109. The minimum absolute atomic E-state index is 0.0371. The first kappa shape index (κ1) is 29.9. The van der Waals surface area contributed by atoms with Crippen molar-refractivity contribution in [1.29, 1.82) is 0 Å². The number of phenolic OH excluding ortho intramolecular Hbond substituents is 1.